The molecule has 0 bridgehead atoms. The van der Waals surface area contributed by atoms with Crippen LogP contribution in [0.25, 0.3) is 0 Å². The summed E-state index contributed by atoms with van der Waals surface area (Å²) in [5.41, 5.74) is 6.71. The van der Waals surface area contributed by atoms with Gasteiger partial charge in [0.25, 0.3) is 5.91 Å². The van der Waals surface area contributed by atoms with Crippen molar-refractivity contribution in [1.82, 2.24) is 5.32 Å². The molecule has 1 rings (SSSR count). The van der Waals surface area contributed by atoms with Gasteiger partial charge in [-0.15, -0.1) is 23.7 Å². The lowest BCUT2D eigenvalue weighted by Gasteiger charge is -2.08. The molecule has 0 radical (unpaired) electrons. The molecular formula is C12H21ClN2OS. The van der Waals surface area contributed by atoms with Gasteiger partial charge in [-0.2, -0.15) is 0 Å². The second kappa shape index (κ2) is 7.69. The van der Waals surface area contributed by atoms with E-state index in [0.29, 0.717) is 19.0 Å². The summed E-state index contributed by atoms with van der Waals surface area (Å²) >= 11 is 1.58. The summed E-state index contributed by atoms with van der Waals surface area (Å²) in [6, 6.07) is 1.96. The third kappa shape index (κ3) is 4.66. The molecule has 0 spiro atoms. The van der Waals surface area contributed by atoms with Crippen LogP contribution in [0, 0.1) is 12.8 Å². The van der Waals surface area contributed by atoms with E-state index in [1.807, 2.05) is 13.0 Å². The number of rotatable bonds is 5. The lowest BCUT2D eigenvalue weighted by Crippen LogP contribution is -2.30. The zero-order chi connectivity index (χ0) is 12.1. The molecule has 17 heavy (non-hydrogen) atoms. The molecule has 1 atom stereocenters. The number of carbonyl (C=O) groups excluding carboxylic acids is 1. The van der Waals surface area contributed by atoms with Gasteiger partial charge < -0.3 is 11.1 Å². The van der Waals surface area contributed by atoms with Crippen molar-refractivity contribution in [1.29, 1.82) is 0 Å². The van der Waals surface area contributed by atoms with Crippen molar-refractivity contribution in [2.45, 2.75) is 27.2 Å². The van der Waals surface area contributed by atoms with Crippen LogP contribution >= 0.6 is 23.7 Å². The molecule has 0 aliphatic rings. The molecule has 1 aromatic heterocycles. The van der Waals surface area contributed by atoms with Crippen LogP contribution in [0.4, 0.5) is 0 Å². The first-order chi connectivity index (χ1) is 7.58. The van der Waals surface area contributed by atoms with Crippen molar-refractivity contribution >= 4 is 29.7 Å². The molecule has 1 amide bonds. The van der Waals surface area contributed by atoms with E-state index in [2.05, 4.69) is 19.2 Å². The van der Waals surface area contributed by atoms with Crippen LogP contribution in [0.5, 0.6) is 0 Å². The highest BCUT2D eigenvalue weighted by atomic mass is 35.5. The first-order valence-corrected chi connectivity index (χ1v) is 6.47. The summed E-state index contributed by atoms with van der Waals surface area (Å²) in [4.78, 5) is 13.9. The molecule has 0 saturated heterocycles. The van der Waals surface area contributed by atoms with Crippen molar-refractivity contribution in [3.05, 3.63) is 21.4 Å². The maximum atomic E-state index is 11.8. The second-order valence-corrected chi connectivity index (χ2v) is 5.26. The Kier molecular flexibility index (Phi) is 7.43. The number of amides is 1. The molecule has 0 aromatic carbocycles. The Morgan fingerprint density at radius 1 is 1.59 bits per heavy atom. The van der Waals surface area contributed by atoms with Crippen LogP contribution in [-0.2, 0) is 6.42 Å². The molecule has 0 aliphatic heterocycles. The summed E-state index contributed by atoms with van der Waals surface area (Å²) in [6.45, 7) is 7.43. The van der Waals surface area contributed by atoms with E-state index >= 15 is 0 Å². The molecule has 1 unspecified atom stereocenters. The van der Waals surface area contributed by atoms with E-state index < -0.39 is 0 Å². The molecule has 3 N–H and O–H groups in total. The first kappa shape index (κ1) is 16.4. The average molecular weight is 277 g/mol. The zero-order valence-electron chi connectivity index (χ0n) is 10.6. The minimum absolute atomic E-state index is 0. The molecule has 0 fully saturated rings. The van der Waals surface area contributed by atoms with Gasteiger partial charge in [0, 0.05) is 11.4 Å². The van der Waals surface area contributed by atoms with Crippen molar-refractivity contribution in [3.63, 3.8) is 0 Å². The summed E-state index contributed by atoms with van der Waals surface area (Å²) in [7, 11) is 0. The summed E-state index contributed by atoms with van der Waals surface area (Å²) in [5.74, 6) is 0.351. The fraction of sp³-hybridized carbons (Fsp3) is 0.583. The summed E-state index contributed by atoms with van der Waals surface area (Å²) in [6.07, 6.45) is 0.989. The normalized spacial score (nSPS) is 11.8. The van der Waals surface area contributed by atoms with Gasteiger partial charge in [0.05, 0.1) is 4.88 Å². The molecule has 1 aromatic rings. The number of carbonyl (C=O) groups is 1. The maximum Gasteiger partial charge on any atom is 0.261 e. The Hall–Kier alpha value is -0.580. The summed E-state index contributed by atoms with van der Waals surface area (Å²) in [5, 5.41) is 2.91. The molecule has 0 saturated carbocycles. The van der Waals surface area contributed by atoms with Crippen molar-refractivity contribution in [2.24, 2.45) is 11.7 Å². The number of nitrogens with one attached hydrogen (secondary N) is 1. The van der Waals surface area contributed by atoms with Crippen molar-refractivity contribution in [2.75, 3.05) is 13.1 Å². The Balaban J connectivity index is 0.00000256. The van der Waals surface area contributed by atoms with Gasteiger partial charge in [-0.3, -0.25) is 4.79 Å². The van der Waals surface area contributed by atoms with Crippen LogP contribution in [-0.4, -0.2) is 19.0 Å². The lowest BCUT2D eigenvalue weighted by atomic mass is 10.2. The lowest BCUT2D eigenvalue weighted by molar-refractivity contribution is 0.0952. The van der Waals surface area contributed by atoms with E-state index in [9.17, 15) is 4.79 Å². The van der Waals surface area contributed by atoms with Crippen LogP contribution in [0.15, 0.2) is 6.07 Å². The van der Waals surface area contributed by atoms with E-state index in [1.54, 1.807) is 11.3 Å². The third-order valence-corrected chi connectivity index (χ3v) is 3.96. The Morgan fingerprint density at radius 3 is 2.71 bits per heavy atom. The zero-order valence-corrected chi connectivity index (χ0v) is 12.2. The molecule has 1 heterocycles. The van der Waals surface area contributed by atoms with Crippen LogP contribution in [0.1, 0.15) is 34.0 Å². The highest BCUT2D eigenvalue weighted by molar-refractivity contribution is 7.14. The Morgan fingerprint density at radius 2 is 2.24 bits per heavy atom. The molecule has 3 nitrogen and oxygen atoms in total. The molecular weight excluding hydrogens is 256 g/mol. The largest absolute Gasteiger partial charge is 0.351 e. The van der Waals surface area contributed by atoms with E-state index in [4.69, 9.17) is 5.73 Å². The number of hydrogen-bond donors (Lipinski definition) is 2. The fourth-order valence-electron chi connectivity index (χ4n) is 1.42. The number of thiophene rings is 1. The van der Waals surface area contributed by atoms with Gasteiger partial charge in [0.2, 0.25) is 0 Å². The smallest absolute Gasteiger partial charge is 0.261 e. The van der Waals surface area contributed by atoms with Crippen LogP contribution < -0.4 is 11.1 Å². The van der Waals surface area contributed by atoms with E-state index in [1.165, 1.54) is 10.4 Å². The topological polar surface area (TPSA) is 55.1 Å². The van der Waals surface area contributed by atoms with Crippen molar-refractivity contribution < 1.29 is 4.79 Å². The minimum atomic E-state index is 0. The van der Waals surface area contributed by atoms with Gasteiger partial charge in [-0.1, -0.05) is 13.8 Å². The SMILES string of the molecule is CCc1sc(C(=O)NCC(C)CN)cc1C.Cl. The quantitative estimate of drug-likeness (QED) is 0.867. The van der Waals surface area contributed by atoms with E-state index in [-0.39, 0.29) is 18.3 Å². The Labute approximate surface area is 113 Å². The third-order valence-electron chi connectivity index (χ3n) is 2.58. The predicted molar refractivity (Wildman–Crippen MR) is 76.2 cm³/mol. The van der Waals surface area contributed by atoms with E-state index in [0.717, 1.165) is 11.3 Å². The first-order valence-electron chi connectivity index (χ1n) is 5.66. The summed E-state index contributed by atoms with van der Waals surface area (Å²) < 4.78 is 0. The van der Waals surface area contributed by atoms with Gasteiger partial charge in [-0.25, -0.2) is 0 Å². The molecule has 98 valence electrons. The maximum absolute atomic E-state index is 11.8. The highest BCUT2D eigenvalue weighted by Gasteiger charge is 2.11. The van der Waals surface area contributed by atoms with Gasteiger partial charge in [0.1, 0.15) is 0 Å². The van der Waals surface area contributed by atoms with Gasteiger partial charge >= 0.3 is 0 Å². The minimum Gasteiger partial charge on any atom is -0.351 e. The number of aryl methyl sites for hydroxylation is 2. The average Bonchev–Trinajstić information content (AvgIpc) is 2.66. The van der Waals surface area contributed by atoms with Gasteiger partial charge in [0.15, 0.2) is 0 Å². The van der Waals surface area contributed by atoms with Gasteiger partial charge in [-0.05, 0) is 37.4 Å². The fourth-order valence-corrected chi connectivity index (χ4v) is 2.45. The van der Waals surface area contributed by atoms with Crippen molar-refractivity contribution in [3.8, 4) is 0 Å². The second-order valence-electron chi connectivity index (χ2n) is 4.12. The molecule has 0 aliphatic carbocycles. The number of nitrogens with two attached hydrogens (primary N) is 1. The molecule has 5 heteroatoms. The van der Waals surface area contributed by atoms with Crippen LogP contribution in [0.2, 0.25) is 0 Å². The highest BCUT2D eigenvalue weighted by Crippen LogP contribution is 2.22. The number of hydrogen-bond acceptors (Lipinski definition) is 3. The number of halogens is 1. The standard InChI is InChI=1S/C12H20N2OS.ClH/c1-4-10-9(3)5-11(16-10)12(15)14-7-8(2)6-13;/h5,8H,4,6-7,13H2,1-3H3,(H,14,15);1H. The Bertz CT molecular complexity index is 365. The van der Waals surface area contributed by atoms with Crippen LogP contribution in [0.3, 0.4) is 0 Å². The monoisotopic (exact) mass is 276 g/mol. The predicted octanol–water partition coefficient (Wildman–Crippen LogP) is 2.37.